The Kier molecular flexibility index (Phi) is 12.2. The highest BCUT2D eigenvalue weighted by molar-refractivity contribution is 7.53. The van der Waals surface area contributed by atoms with Crippen LogP contribution in [0.3, 0.4) is 0 Å². The van der Waals surface area contributed by atoms with E-state index in [4.69, 9.17) is 23.3 Å². The lowest BCUT2D eigenvalue weighted by molar-refractivity contribution is -0.133. The van der Waals surface area contributed by atoms with Gasteiger partial charge < -0.3 is 23.3 Å². The first-order chi connectivity index (χ1) is 25.5. The summed E-state index contributed by atoms with van der Waals surface area (Å²) >= 11 is 0. The summed E-state index contributed by atoms with van der Waals surface area (Å²) in [5.74, 6) is 0.102. The second-order valence-corrected chi connectivity index (χ2v) is 15.6. The lowest BCUT2D eigenvalue weighted by Gasteiger charge is -2.33. The molecule has 0 radical (unpaired) electrons. The molecule has 0 amide bonds. The van der Waals surface area contributed by atoms with E-state index in [-0.39, 0.29) is 42.4 Å². The van der Waals surface area contributed by atoms with Crippen LogP contribution in [0.15, 0.2) is 66.9 Å². The van der Waals surface area contributed by atoms with E-state index < -0.39 is 24.6 Å². The van der Waals surface area contributed by atoms with Crippen molar-refractivity contribution in [3.63, 3.8) is 0 Å². The van der Waals surface area contributed by atoms with Gasteiger partial charge in [0, 0.05) is 30.5 Å². The topological polar surface area (TPSA) is 113 Å². The van der Waals surface area contributed by atoms with Gasteiger partial charge in [-0.2, -0.15) is 0 Å². The van der Waals surface area contributed by atoms with Crippen molar-refractivity contribution in [1.29, 1.82) is 0 Å². The number of hydrogen-bond acceptors (Lipinski definition) is 10. The van der Waals surface area contributed by atoms with Crippen molar-refractivity contribution < 1.29 is 46.2 Å². The first kappa shape index (κ1) is 38.5. The molecule has 1 aliphatic heterocycles. The van der Waals surface area contributed by atoms with Gasteiger partial charge in [0.2, 0.25) is 0 Å². The van der Waals surface area contributed by atoms with E-state index in [9.17, 15) is 18.5 Å². The standard InChI is InChI=1S/C40H45F2N2O8P/c1-4-50-53(47,51-5-2)26-44-18-13-28(14-19-44)25-49-37-24-33-31(23-36(37)48-3)34(12-17-43-33)52-35-11-8-29(20-32(35)42)22-39(46)40(15-16-40)38(45)21-27-6-9-30(41)10-7-27/h6-12,17,20,23-24,28H,4-5,13-16,18-19,21-22,25-26H2,1-3H3. The zero-order valence-electron chi connectivity index (χ0n) is 30.3. The number of methoxy groups -OCH3 is 1. The van der Waals surface area contributed by atoms with E-state index >= 15 is 4.39 Å². The van der Waals surface area contributed by atoms with Crippen molar-refractivity contribution in [1.82, 2.24) is 9.88 Å². The fourth-order valence-corrected chi connectivity index (χ4v) is 8.55. The number of aromatic nitrogens is 1. The maximum absolute atomic E-state index is 15.4. The molecule has 0 spiro atoms. The Balaban J connectivity index is 1.07. The first-order valence-corrected chi connectivity index (χ1v) is 19.7. The highest BCUT2D eigenvalue weighted by Crippen LogP contribution is 2.50. The van der Waals surface area contributed by atoms with Gasteiger partial charge in [-0.3, -0.25) is 24.0 Å². The minimum Gasteiger partial charge on any atom is -0.493 e. The summed E-state index contributed by atoms with van der Waals surface area (Å²) < 4.78 is 70.5. The Labute approximate surface area is 308 Å². The van der Waals surface area contributed by atoms with Crippen LogP contribution in [0.4, 0.5) is 8.78 Å². The van der Waals surface area contributed by atoms with Crippen molar-refractivity contribution in [3.05, 3.63) is 89.6 Å². The van der Waals surface area contributed by atoms with Gasteiger partial charge in [-0.05, 0) is 106 Å². The molecule has 6 rings (SSSR count). The van der Waals surface area contributed by atoms with Crippen LogP contribution in [0.5, 0.6) is 23.0 Å². The first-order valence-electron chi connectivity index (χ1n) is 18.0. The molecule has 1 saturated heterocycles. The van der Waals surface area contributed by atoms with Gasteiger partial charge >= 0.3 is 7.60 Å². The highest BCUT2D eigenvalue weighted by atomic mass is 31.2. The van der Waals surface area contributed by atoms with Crippen LogP contribution in [0.1, 0.15) is 50.7 Å². The van der Waals surface area contributed by atoms with Crippen molar-refractivity contribution >= 4 is 30.1 Å². The van der Waals surface area contributed by atoms with Crippen molar-refractivity contribution in [3.8, 4) is 23.0 Å². The predicted octanol–water partition coefficient (Wildman–Crippen LogP) is 8.33. The number of pyridine rings is 1. The Hall–Kier alpha value is -4.22. The zero-order chi connectivity index (χ0) is 37.6. The molecule has 2 heterocycles. The van der Waals surface area contributed by atoms with Crippen LogP contribution in [-0.4, -0.2) is 67.8 Å². The number of ketones is 2. The minimum atomic E-state index is -3.15. The fourth-order valence-electron chi connectivity index (χ4n) is 6.75. The summed E-state index contributed by atoms with van der Waals surface area (Å²) in [4.78, 5) is 32.9. The molecular weight excluding hydrogens is 705 g/mol. The summed E-state index contributed by atoms with van der Waals surface area (Å²) in [5.41, 5.74) is 0.576. The predicted molar refractivity (Wildman–Crippen MR) is 196 cm³/mol. The van der Waals surface area contributed by atoms with Crippen LogP contribution in [0, 0.1) is 23.0 Å². The molecule has 3 aromatic carbocycles. The summed E-state index contributed by atoms with van der Waals surface area (Å²) in [6.45, 7) is 6.25. The van der Waals surface area contributed by atoms with Crippen molar-refractivity contribution in [2.24, 2.45) is 11.3 Å². The lowest BCUT2D eigenvalue weighted by Crippen LogP contribution is -2.36. The third kappa shape index (κ3) is 9.30. The number of ether oxygens (including phenoxy) is 3. The van der Waals surface area contributed by atoms with Crippen LogP contribution in [0.2, 0.25) is 0 Å². The Morgan fingerprint density at radius 3 is 2.13 bits per heavy atom. The van der Waals surface area contributed by atoms with E-state index in [2.05, 4.69) is 9.88 Å². The normalized spacial score (nSPS) is 16.0. The maximum Gasteiger partial charge on any atom is 0.344 e. The number of rotatable bonds is 18. The van der Waals surface area contributed by atoms with Crippen LogP contribution < -0.4 is 14.2 Å². The molecule has 2 fully saturated rings. The molecular formula is C40H45F2N2O8P. The number of likely N-dealkylation sites (tertiary alicyclic amines) is 1. The molecule has 0 unspecified atom stereocenters. The van der Waals surface area contributed by atoms with Crippen LogP contribution in [-0.2, 0) is 36.0 Å². The number of benzene rings is 3. The number of Topliss-reactive ketones (excluding diaryl/α,β-unsaturated/α-hetero) is 2. The number of nitrogens with zero attached hydrogens (tertiary/aromatic N) is 2. The van der Waals surface area contributed by atoms with E-state index in [1.807, 2.05) is 13.8 Å². The van der Waals surface area contributed by atoms with Gasteiger partial charge in [-0.25, -0.2) is 8.78 Å². The van der Waals surface area contributed by atoms with Gasteiger partial charge in [0.1, 0.15) is 17.9 Å². The van der Waals surface area contributed by atoms with E-state index in [0.29, 0.717) is 71.9 Å². The number of halogens is 2. The number of hydrogen-bond donors (Lipinski definition) is 0. The van der Waals surface area contributed by atoms with Crippen molar-refractivity contribution in [2.75, 3.05) is 46.3 Å². The quantitative estimate of drug-likeness (QED) is 0.0727. The molecule has 1 saturated carbocycles. The Morgan fingerprint density at radius 1 is 0.849 bits per heavy atom. The summed E-state index contributed by atoms with van der Waals surface area (Å²) in [7, 11) is -1.61. The summed E-state index contributed by atoms with van der Waals surface area (Å²) in [6.07, 6.45) is 4.42. The number of carbonyl (C=O) groups is 2. The van der Waals surface area contributed by atoms with Crippen LogP contribution in [0.25, 0.3) is 10.9 Å². The lowest BCUT2D eigenvalue weighted by atomic mass is 9.88. The molecule has 282 valence electrons. The van der Waals surface area contributed by atoms with Gasteiger partial charge in [-0.1, -0.05) is 18.2 Å². The zero-order valence-corrected chi connectivity index (χ0v) is 31.2. The molecule has 2 aliphatic rings. The SMILES string of the molecule is CCOP(=O)(CN1CCC(COc2cc3nccc(Oc4ccc(CC(=O)C5(C(=O)Cc6ccc(F)cc6)CC5)cc4F)c3cc2OC)CC1)OCC. The molecule has 0 N–H and O–H groups in total. The van der Waals surface area contributed by atoms with Gasteiger partial charge in [-0.15, -0.1) is 0 Å². The number of piperidine rings is 1. The second-order valence-electron chi connectivity index (χ2n) is 13.6. The molecule has 1 aliphatic carbocycles. The molecule has 4 aromatic rings. The molecule has 0 atom stereocenters. The Bertz CT molecular complexity index is 1970. The average Bonchev–Trinajstić information content (AvgIpc) is 3.96. The molecule has 10 nitrogen and oxygen atoms in total. The number of carbonyl (C=O) groups excluding carboxylic acids is 2. The monoisotopic (exact) mass is 750 g/mol. The minimum absolute atomic E-state index is 0.0354. The average molecular weight is 751 g/mol. The third-order valence-electron chi connectivity index (χ3n) is 9.87. The van der Waals surface area contributed by atoms with Crippen molar-refractivity contribution in [2.45, 2.75) is 52.4 Å². The van der Waals surface area contributed by atoms with Gasteiger partial charge in [0.05, 0.1) is 37.9 Å². The van der Waals surface area contributed by atoms with E-state index in [1.54, 1.807) is 49.7 Å². The second kappa shape index (κ2) is 16.8. The maximum atomic E-state index is 15.4. The van der Waals surface area contributed by atoms with Crippen LogP contribution >= 0.6 is 7.60 Å². The van der Waals surface area contributed by atoms with E-state index in [1.165, 1.54) is 24.3 Å². The summed E-state index contributed by atoms with van der Waals surface area (Å²) in [5, 5.41) is 0.590. The summed E-state index contributed by atoms with van der Waals surface area (Å²) in [6, 6.07) is 15.2. The highest BCUT2D eigenvalue weighted by Gasteiger charge is 2.54. The number of fused-ring (bicyclic) bond motifs is 1. The molecule has 53 heavy (non-hydrogen) atoms. The fraction of sp³-hybridized carbons (Fsp3) is 0.425. The smallest absolute Gasteiger partial charge is 0.344 e. The Morgan fingerprint density at radius 2 is 1.51 bits per heavy atom. The van der Waals surface area contributed by atoms with E-state index in [0.717, 1.165) is 25.9 Å². The molecule has 0 bridgehead atoms. The van der Waals surface area contributed by atoms with Gasteiger partial charge in [0.25, 0.3) is 0 Å². The molecule has 13 heteroatoms. The third-order valence-corrected chi connectivity index (χ3v) is 11.9. The molecule has 1 aromatic heterocycles. The largest absolute Gasteiger partial charge is 0.493 e. The van der Waals surface area contributed by atoms with Gasteiger partial charge in [0.15, 0.2) is 34.6 Å².